The number of ether oxygens (including phenoxy) is 1. The molecule has 0 spiro atoms. The highest BCUT2D eigenvalue weighted by Gasteiger charge is 2.39. The van der Waals surface area contributed by atoms with Crippen LogP contribution < -0.4 is 9.64 Å². The molecule has 0 radical (unpaired) electrons. The molecular weight excluding hydrogens is 433 g/mol. The Morgan fingerprint density at radius 1 is 1.06 bits per heavy atom. The van der Waals surface area contributed by atoms with E-state index in [-0.39, 0.29) is 18.9 Å². The summed E-state index contributed by atoms with van der Waals surface area (Å²) >= 11 is 0. The van der Waals surface area contributed by atoms with Crippen LogP contribution in [0.3, 0.4) is 0 Å². The Morgan fingerprint density at radius 2 is 1.85 bits per heavy atom. The van der Waals surface area contributed by atoms with Crippen molar-refractivity contribution in [3.63, 3.8) is 0 Å². The van der Waals surface area contributed by atoms with Crippen molar-refractivity contribution in [3.05, 3.63) is 71.7 Å². The van der Waals surface area contributed by atoms with E-state index in [0.29, 0.717) is 23.7 Å². The molecule has 33 heavy (non-hydrogen) atoms. The first-order chi connectivity index (χ1) is 15.9. The van der Waals surface area contributed by atoms with E-state index in [0.717, 1.165) is 26.6 Å². The van der Waals surface area contributed by atoms with Crippen LogP contribution in [0.25, 0.3) is 26.9 Å². The number of anilines is 1. The second-order valence-electron chi connectivity index (χ2n) is 7.55. The van der Waals surface area contributed by atoms with Crippen molar-refractivity contribution in [1.29, 1.82) is 0 Å². The van der Waals surface area contributed by atoms with Crippen LogP contribution in [0.1, 0.15) is 11.6 Å². The summed E-state index contributed by atoms with van der Waals surface area (Å²) < 4.78 is 46.3. The highest BCUT2D eigenvalue weighted by atomic mass is 19.4. The molecule has 0 aliphatic carbocycles. The zero-order chi connectivity index (χ0) is 23.2. The average molecular weight is 450 g/mol. The monoisotopic (exact) mass is 450 g/mol. The van der Waals surface area contributed by atoms with Gasteiger partial charge in [0.25, 0.3) is 0 Å². The minimum Gasteiger partial charge on any atom is -0.494 e. The molecule has 1 aliphatic rings. The topological polar surface area (TPSA) is 60.4 Å². The van der Waals surface area contributed by atoms with E-state index in [4.69, 9.17) is 11.3 Å². The summed E-state index contributed by atoms with van der Waals surface area (Å²) in [6.45, 7) is 7.72. The number of hydrogen-bond donors (Lipinski definition) is 0. The van der Waals surface area contributed by atoms with Crippen molar-refractivity contribution in [3.8, 4) is 16.9 Å². The van der Waals surface area contributed by atoms with Gasteiger partial charge >= 0.3 is 6.18 Å². The van der Waals surface area contributed by atoms with Crippen molar-refractivity contribution in [2.45, 2.75) is 19.3 Å². The van der Waals surface area contributed by atoms with Crippen molar-refractivity contribution in [2.75, 3.05) is 18.6 Å². The molecule has 2 aromatic heterocycles. The largest absolute Gasteiger partial charge is 0.494 e. The molecule has 0 unspecified atom stereocenters. The Balaban J connectivity index is 1.55. The van der Waals surface area contributed by atoms with E-state index in [9.17, 15) is 13.2 Å². The fourth-order valence-corrected chi connectivity index (χ4v) is 4.15. The molecule has 7 nitrogen and oxygen atoms in total. The molecule has 0 fully saturated rings. The second kappa shape index (κ2) is 7.78. The normalized spacial score (nSPS) is 13.6. The maximum Gasteiger partial charge on any atom is 0.451 e. The van der Waals surface area contributed by atoms with E-state index in [2.05, 4.69) is 20.0 Å². The molecule has 0 N–H and O–H groups in total. The van der Waals surface area contributed by atoms with Gasteiger partial charge in [-0.2, -0.15) is 13.2 Å². The van der Waals surface area contributed by atoms with Crippen LogP contribution in [0.2, 0.25) is 0 Å². The van der Waals surface area contributed by atoms with E-state index in [1.807, 2.05) is 35.2 Å². The number of aromatic nitrogens is 4. The maximum atomic E-state index is 13.2. The first-order valence-corrected chi connectivity index (χ1v) is 10.1. The minimum absolute atomic E-state index is 0.103. The lowest BCUT2D eigenvalue weighted by atomic mass is 10.0. The summed E-state index contributed by atoms with van der Waals surface area (Å²) in [6, 6.07) is 13.0. The Labute approximate surface area is 186 Å². The Bertz CT molecular complexity index is 1390. The molecule has 0 atom stereocenters. The zero-order valence-electron chi connectivity index (χ0n) is 17.5. The Kier molecular flexibility index (Phi) is 4.89. The van der Waals surface area contributed by atoms with Gasteiger partial charge in [0.2, 0.25) is 5.82 Å². The van der Waals surface area contributed by atoms with Gasteiger partial charge in [-0.3, -0.25) is 4.98 Å². The number of fused-ring (bicyclic) bond motifs is 2. The molecule has 2 aromatic carbocycles. The molecule has 4 aromatic rings. The van der Waals surface area contributed by atoms with Crippen LogP contribution in [-0.2, 0) is 19.3 Å². The molecule has 5 rings (SSSR count). The van der Waals surface area contributed by atoms with E-state index in [1.165, 1.54) is 0 Å². The summed E-state index contributed by atoms with van der Waals surface area (Å²) in [6.07, 6.45) is -2.87. The lowest BCUT2D eigenvalue weighted by Crippen LogP contribution is -2.35. The third-order valence-electron chi connectivity index (χ3n) is 5.69. The average Bonchev–Trinajstić information content (AvgIpc) is 3.27. The number of halogens is 3. The fraction of sp³-hybridized carbons (Fsp3) is 0.217. The number of nitrogens with zero attached hydrogens (tertiary/aromatic N) is 6. The molecule has 0 bridgehead atoms. The van der Waals surface area contributed by atoms with Gasteiger partial charge in [0, 0.05) is 24.0 Å². The van der Waals surface area contributed by atoms with E-state index < -0.39 is 12.0 Å². The van der Waals surface area contributed by atoms with Crippen LogP contribution in [0, 0.1) is 6.57 Å². The molecular formula is C23H17F3N6O. The van der Waals surface area contributed by atoms with Crippen molar-refractivity contribution in [2.24, 2.45) is 0 Å². The fourth-order valence-electron chi connectivity index (χ4n) is 4.15. The SMILES string of the molecule is [C-]#[N+]c1ccc(-c2cccc3c(OC)c(N4CCn5c(nnc5C(F)(F)F)C4)cnc23)cc1. The predicted molar refractivity (Wildman–Crippen MR) is 116 cm³/mol. The van der Waals surface area contributed by atoms with Crippen LogP contribution in [0.4, 0.5) is 24.5 Å². The molecule has 0 saturated carbocycles. The number of pyridine rings is 1. The third kappa shape index (κ3) is 3.51. The van der Waals surface area contributed by atoms with Gasteiger partial charge in [-0.1, -0.05) is 36.4 Å². The summed E-state index contributed by atoms with van der Waals surface area (Å²) in [5.41, 5.74) is 3.77. The summed E-state index contributed by atoms with van der Waals surface area (Å²) in [5, 5.41) is 7.88. The van der Waals surface area contributed by atoms with Gasteiger partial charge in [0.05, 0.1) is 37.6 Å². The molecule has 166 valence electrons. The van der Waals surface area contributed by atoms with Crippen LogP contribution >= 0.6 is 0 Å². The van der Waals surface area contributed by atoms with Crippen molar-refractivity contribution < 1.29 is 17.9 Å². The molecule has 1 aliphatic heterocycles. The van der Waals surface area contributed by atoms with Gasteiger partial charge in [-0.15, -0.1) is 10.2 Å². The van der Waals surface area contributed by atoms with Gasteiger partial charge < -0.3 is 14.2 Å². The van der Waals surface area contributed by atoms with Gasteiger partial charge in [0.1, 0.15) is 0 Å². The van der Waals surface area contributed by atoms with Crippen LogP contribution in [0.15, 0.2) is 48.7 Å². The number of benzene rings is 2. The van der Waals surface area contributed by atoms with Gasteiger partial charge in [0.15, 0.2) is 17.3 Å². The van der Waals surface area contributed by atoms with Crippen LogP contribution in [-0.4, -0.2) is 33.4 Å². The zero-order valence-corrected chi connectivity index (χ0v) is 17.5. The van der Waals surface area contributed by atoms with Crippen molar-refractivity contribution >= 4 is 22.3 Å². The van der Waals surface area contributed by atoms with E-state index in [1.54, 1.807) is 25.4 Å². The highest BCUT2D eigenvalue weighted by molar-refractivity contribution is 5.99. The Hall–Kier alpha value is -4.13. The standard InChI is InChI=1S/C23H17F3N6O/c1-27-15-8-6-14(7-9-15)16-4-3-5-17-20(16)28-12-18(21(17)33-2)31-10-11-32-19(13-31)29-30-22(32)23(24,25)26/h3-9,12H,10-11,13H2,2H3. The number of methoxy groups -OCH3 is 1. The summed E-state index contributed by atoms with van der Waals surface area (Å²) in [4.78, 5) is 10.00. The molecule has 0 saturated heterocycles. The lowest BCUT2D eigenvalue weighted by Gasteiger charge is -2.31. The van der Waals surface area contributed by atoms with Crippen LogP contribution in [0.5, 0.6) is 5.75 Å². The number of hydrogen-bond acceptors (Lipinski definition) is 5. The first-order valence-electron chi connectivity index (χ1n) is 10.1. The minimum atomic E-state index is -4.54. The smallest absolute Gasteiger partial charge is 0.451 e. The summed E-state index contributed by atoms with van der Waals surface area (Å²) in [7, 11) is 1.56. The Morgan fingerprint density at radius 3 is 2.55 bits per heavy atom. The lowest BCUT2D eigenvalue weighted by molar-refractivity contribution is -0.147. The number of para-hydroxylation sites is 1. The van der Waals surface area contributed by atoms with Crippen molar-refractivity contribution in [1.82, 2.24) is 19.7 Å². The van der Waals surface area contributed by atoms with Gasteiger partial charge in [-0.05, 0) is 11.6 Å². The first kappa shape index (κ1) is 20.8. The van der Waals surface area contributed by atoms with Gasteiger partial charge in [-0.25, -0.2) is 4.85 Å². The van der Waals surface area contributed by atoms with E-state index >= 15 is 0 Å². The summed E-state index contributed by atoms with van der Waals surface area (Å²) in [5.74, 6) is -0.150. The second-order valence-corrected chi connectivity index (χ2v) is 7.55. The predicted octanol–water partition coefficient (Wildman–Crippen LogP) is 5.09. The number of alkyl halides is 3. The molecule has 10 heteroatoms. The quantitative estimate of drug-likeness (QED) is 0.407. The molecule has 0 amide bonds. The maximum absolute atomic E-state index is 13.2. The third-order valence-corrected chi connectivity index (χ3v) is 5.69. The highest BCUT2D eigenvalue weighted by Crippen LogP contribution is 2.40. The molecule has 3 heterocycles. The number of rotatable bonds is 3.